The zero-order valence-electron chi connectivity index (χ0n) is 45.8. The van der Waals surface area contributed by atoms with Gasteiger partial charge in [0.1, 0.15) is 41.1 Å². The van der Waals surface area contributed by atoms with Crippen LogP contribution >= 0.6 is 0 Å². The van der Waals surface area contributed by atoms with Crippen molar-refractivity contribution in [1.29, 1.82) is 0 Å². The molecule has 4 atom stereocenters. The van der Waals surface area contributed by atoms with Gasteiger partial charge in [0.15, 0.2) is 0 Å². The molecule has 7 N–H and O–H groups in total. The van der Waals surface area contributed by atoms with Crippen LogP contribution in [0.1, 0.15) is 85.1 Å². The largest absolute Gasteiger partial charge is 0.488 e. The van der Waals surface area contributed by atoms with Crippen molar-refractivity contribution in [3.8, 4) is 5.75 Å². The Balaban J connectivity index is 1.58. The van der Waals surface area contributed by atoms with Crippen LogP contribution in [0.2, 0.25) is 25.7 Å². The van der Waals surface area contributed by atoms with Crippen molar-refractivity contribution in [2.75, 3.05) is 33.4 Å². The Morgan fingerprint density at radius 3 is 1.85 bits per heavy atom. The summed E-state index contributed by atoms with van der Waals surface area (Å²) in [6, 6.07) is 12.6. The molecule has 0 fully saturated rings. The molecule has 7 amide bonds. The Bertz CT molecular complexity index is 2340. The summed E-state index contributed by atoms with van der Waals surface area (Å²) >= 11 is 0. The molecule has 1 aromatic heterocycles. The lowest BCUT2D eigenvalue weighted by molar-refractivity contribution is -0.143. The van der Waals surface area contributed by atoms with Gasteiger partial charge >= 0.3 is 18.2 Å². The molecule has 0 spiro atoms. The normalized spacial score (nSPS) is 13.2. The number of aryl methyl sites for hydroxylation is 1. The number of hydrogen-bond acceptors (Lipinski definition) is 13. The predicted octanol–water partition coefficient (Wildman–Crippen LogP) is 4.34. The highest BCUT2D eigenvalue weighted by Gasteiger charge is 2.30. The molecule has 75 heavy (non-hydrogen) atoms. The van der Waals surface area contributed by atoms with Crippen molar-refractivity contribution in [2.24, 2.45) is 5.92 Å². The summed E-state index contributed by atoms with van der Waals surface area (Å²) in [5, 5.41) is 18.5. The Hall–Kier alpha value is -6.97. The molecule has 2 aromatic carbocycles. The van der Waals surface area contributed by atoms with E-state index in [4.69, 9.17) is 18.9 Å². The van der Waals surface area contributed by atoms with Gasteiger partial charge in [-0.05, 0) is 89.6 Å². The van der Waals surface area contributed by atoms with E-state index in [0.717, 1.165) is 11.6 Å². The molecule has 0 aliphatic heterocycles. The molecule has 0 bridgehead atoms. The van der Waals surface area contributed by atoms with Crippen LogP contribution in [0.5, 0.6) is 5.75 Å². The van der Waals surface area contributed by atoms with E-state index in [0.29, 0.717) is 36.4 Å². The Kier molecular flexibility index (Phi) is 24.8. The van der Waals surface area contributed by atoms with Gasteiger partial charge in [-0.15, -0.1) is 0 Å². The van der Waals surface area contributed by atoms with Crippen LogP contribution in [0.4, 0.5) is 9.59 Å². The van der Waals surface area contributed by atoms with Gasteiger partial charge in [0.05, 0.1) is 38.8 Å². The third-order valence-electron chi connectivity index (χ3n) is 10.8. The smallest absolute Gasteiger partial charge is 0.408 e. The van der Waals surface area contributed by atoms with Crippen LogP contribution in [0.25, 0.3) is 0 Å². The zero-order valence-corrected chi connectivity index (χ0v) is 46.8. The number of amides is 7. The summed E-state index contributed by atoms with van der Waals surface area (Å²) in [6.07, 6.45) is 2.77. The monoisotopic (exact) mass is 1060 g/mol. The van der Waals surface area contributed by atoms with Crippen LogP contribution in [-0.2, 0) is 68.8 Å². The Morgan fingerprint density at radius 1 is 0.653 bits per heavy atom. The number of nitrogens with one attached hydrogen (secondary N) is 7. The van der Waals surface area contributed by atoms with E-state index in [1.165, 1.54) is 7.11 Å². The molecular formula is C53H81N9O12Si. The van der Waals surface area contributed by atoms with E-state index in [9.17, 15) is 38.4 Å². The fourth-order valence-corrected chi connectivity index (χ4v) is 7.88. The first-order valence-corrected chi connectivity index (χ1v) is 29.0. The second-order valence-electron chi connectivity index (χ2n) is 21.9. The van der Waals surface area contributed by atoms with Crippen molar-refractivity contribution in [3.05, 3.63) is 83.9 Å². The summed E-state index contributed by atoms with van der Waals surface area (Å²) in [6.45, 7) is 21.0. The zero-order chi connectivity index (χ0) is 55.9. The fourth-order valence-electron chi connectivity index (χ4n) is 7.16. The van der Waals surface area contributed by atoms with Gasteiger partial charge in [-0.25, -0.2) is 19.4 Å². The summed E-state index contributed by atoms with van der Waals surface area (Å²) < 4.78 is 23.2. The second kappa shape index (κ2) is 29.8. The van der Waals surface area contributed by atoms with Crippen LogP contribution in [-0.4, -0.2) is 134 Å². The van der Waals surface area contributed by atoms with Gasteiger partial charge in [-0.2, -0.15) is 0 Å². The molecule has 0 aliphatic rings. The van der Waals surface area contributed by atoms with E-state index in [1.807, 2.05) is 40.7 Å². The molecule has 21 nitrogen and oxygen atoms in total. The number of alkyl carbamates (subject to hydrolysis) is 2. The maximum absolute atomic E-state index is 14.0. The topological polar surface area (TPSA) is 276 Å². The standard InChI is InChI=1S/C53H81N9O12Si/c1-35(2)27-40(46(65)54-23-16-24-62-33-38(57-34-62)30-43(49(68)71-9)61-50(69)72-25-26-75(10,11)12)59-48(67)42(28-36-17-14-13-15-18-36)58-45(64)32-55-44(63)31-56-47(66)41(60-51(70)74-53(6,7)8)29-37-19-21-39(22-20-37)73-52(3,4)5/h13-15,17-22,33-35,40-43H,16,23-32H2,1-12H3,(H,54,65)(H,55,63)(H,56,66)(H,58,64)(H,59,67)(H,60,70)(H,61,69)/t40-,41-,42-,43-/m0/s1. The maximum atomic E-state index is 14.0. The number of esters is 1. The highest BCUT2D eigenvalue weighted by Crippen LogP contribution is 2.20. The SMILES string of the molecule is COC(=O)[C@H](Cc1cn(CCCNC(=O)[C@H](CC(C)C)NC(=O)[C@H](Cc2ccccc2)NC(=O)CNC(=O)CNC(=O)[C@H](Cc2ccc(OC(C)(C)C)cc2)NC(=O)OC(C)(C)C)cn1)NC(=O)OCC[Si](C)(C)C. The number of imidazole rings is 1. The van der Waals surface area contributed by atoms with Gasteiger partial charge in [0.2, 0.25) is 29.5 Å². The first-order valence-electron chi connectivity index (χ1n) is 25.3. The third kappa shape index (κ3) is 26.2. The number of carbonyl (C=O) groups excluding carboxylic acids is 8. The molecule has 0 saturated carbocycles. The summed E-state index contributed by atoms with van der Waals surface area (Å²) in [4.78, 5) is 109. The average Bonchev–Trinajstić information content (AvgIpc) is 3.76. The molecule has 0 radical (unpaired) electrons. The minimum atomic E-state index is -1.43. The highest BCUT2D eigenvalue weighted by molar-refractivity contribution is 6.76. The van der Waals surface area contributed by atoms with Gasteiger partial charge in [-0.1, -0.05) is 76.0 Å². The van der Waals surface area contributed by atoms with Crippen molar-refractivity contribution >= 4 is 55.8 Å². The molecule has 3 aromatic rings. The molecule has 1 heterocycles. The predicted molar refractivity (Wildman–Crippen MR) is 285 cm³/mol. The molecule has 3 rings (SSSR count). The molecule has 414 valence electrons. The molecule has 0 saturated heterocycles. The van der Waals surface area contributed by atoms with Crippen LogP contribution < -0.4 is 42.0 Å². The minimum Gasteiger partial charge on any atom is -0.488 e. The van der Waals surface area contributed by atoms with Crippen molar-refractivity contribution in [1.82, 2.24) is 46.8 Å². The first-order chi connectivity index (χ1) is 35.1. The Morgan fingerprint density at radius 2 is 1.25 bits per heavy atom. The van der Waals surface area contributed by atoms with Crippen LogP contribution in [0.3, 0.4) is 0 Å². The average molecular weight is 1060 g/mol. The molecule has 0 aliphatic carbocycles. The molecular weight excluding hydrogens is 983 g/mol. The van der Waals surface area contributed by atoms with Crippen LogP contribution in [0.15, 0.2) is 67.1 Å². The first kappa shape index (κ1) is 62.3. The number of rotatable bonds is 28. The Labute approximate surface area is 442 Å². The lowest BCUT2D eigenvalue weighted by Gasteiger charge is -2.24. The van der Waals surface area contributed by atoms with E-state index in [1.54, 1.807) is 86.4 Å². The van der Waals surface area contributed by atoms with Gasteiger partial charge in [0.25, 0.3) is 0 Å². The minimum absolute atomic E-state index is 0.00186. The number of ether oxygens (including phenoxy) is 4. The van der Waals surface area contributed by atoms with E-state index in [2.05, 4.69) is 61.8 Å². The highest BCUT2D eigenvalue weighted by atomic mass is 28.3. The third-order valence-corrected chi connectivity index (χ3v) is 12.5. The molecule has 22 heteroatoms. The van der Waals surface area contributed by atoms with Crippen molar-refractivity contribution in [2.45, 2.75) is 155 Å². The quantitative estimate of drug-likeness (QED) is 0.0231. The number of nitrogens with zero attached hydrogens (tertiary/aromatic N) is 2. The summed E-state index contributed by atoms with van der Waals surface area (Å²) in [5.41, 5.74) is 0.697. The van der Waals surface area contributed by atoms with Gasteiger partial charge in [0, 0.05) is 46.6 Å². The number of benzene rings is 2. The van der Waals surface area contributed by atoms with Crippen LogP contribution in [0, 0.1) is 5.92 Å². The number of carbonyl (C=O) groups is 8. The summed E-state index contributed by atoms with van der Waals surface area (Å²) in [5.74, 6) is -3.13. The lowest BCUT2D eigenvalue weighted by atomic mass is 10.0. The van der Waals surface area contributed by atoms with Gasteiger partial charge < -0.3 is 60.7 Å². The number of methoxy groups -OCH3 is 1. The second-order valence-corrected chi connectivity index (χ2v) is 27.5. The van der Waals surface area contributed by atoms with Crippen molar-refractivity contribution in [3.63, 3.8) is 0 Å². The van der Waals surface area contributed by atoms with Crippen molar-refractivity contribution < 1.29 is 57.3 Å². The lowest BCUT2D eigenvalue weighted by Crippen LogP contribution is -2.56. The maximum Gasteiger partial charge on any atom is 0.408 e. The number of hydrogen-bond donors (Lipinski definition) is 7. The fraction of sp³-hybridized carbons (Fsp3) is 0.566. The molecule has 0 unspecified atom stereocenters. The van der Waals surface area contributed by atoms with E-state index >= 15 is 0 Å². The number of aromatic nitrogens is 2. The van der Waals surface area contributed by atoms with E-state index in [-0.39, 0.29) is 38.3 Å². The summed E-state index contributed by atoms with van der Waals surface area (Å²) in [7, 11) is -0.196. The van der Waals surface area contributed by atoms with Gasteiger partial charge in [-0.3, -0.25) is 24.0 Å². The van der Waals surface area contributed by atoms with E-state index < -0.39 is 104 Å².